The number of thiazole rings is 1. The third kappa shape index (κ3) is 5.55. The van der Waals surface area contributed by atoms with Crippen LogP contribution in [0.5, 0.6) is 11.5 Å². The van der Waals surface area contributed by atoms with Crippen molar-refractivity contribution >= 4 is 34.3 Å². The van der Waals surface area contributed by atoms with Gasteiger partial charge < -0.3 is 14.8 Å². The van der Waals surface area contributed by atoms with Crippen molar-refractivity contribution in [1.82, 2.24) is 4.98 Å². The van der Waals surface area contributed by atoms with Gasteiger partial charge in [-0.1, -0.05) is 12.1 Å². The van der Waals surface area contributed by atoms with Crippen LogP contribution in [0.1, 0.15) is 19.4 Å². The van der Waals surface area contributed by atoms with Crippen molar-refractivity contribution in [3.63, 3.8) is 0 Å². The van der Waals surface area contributed by atoms with E-state index in [1.807, 2.05) is 54.8 Å². The fraction of sp³-hybridized carbons (Fsp3) is 0.190. The summed E-state index contributed by atoms with van der Waals surface area (Å²) in [5, 5.41) is 9.63. The van der Waals surface area contributed by atoms with Gasteiger partial charge in [0, 0.05) is 23.6 Å². The highest BCUT2D eigenvalue weighted by molar-refractivity contribution is 7.14. The first-order valence-electron chi connectivity index (χ1n) is 9.02. The topological polar surface area (TPSA) is 84.8 Å². The fourth-order valence-electron chi connectivity index (χ4n) is 2.59. The average Bonchev–Trinajstić information content (AvgIpc) is 3.17. The molecule has 2 N–H and O–H groups in total. The summed E-state index contributed by atoms with van der Waals surface area (Å²) >= 11 is 1.46. The molecule has 8 heteroatoms. The maximum absolute atomic E-state index is 11.1. The van der Waals surface area contributed by atoms with Gasteiger partial charge in [-0.05, 0) is 42.8 Å². The Balaban J connectivity index is 1.64. The molecule has 1 heterocycles. The lowest BCUT2D eigenvalue weighted by Crippen LogP contribution is -2.05. The molecule has 7 nitrogen and oxygen atoms in total. The highest BCUT2D eigenvalue weighted by atomic mass is 32.1. The summed E-state index contributed by atoms with van der Waals surface area (Å²) < 4.78 is 10.9. The first-order chi connectivity index (χ1) is 14.1. The number of rotatable bonds is 8. The van der Waals surface area contributed by atoms with Crippen molar-refractivity contribution in [3.8, 4) is 22.8 Å². The van der Waals surface area contributed by atoms with E-state index in [4.69, 9.17) is 9.47 Å². The number of hydrogen-bond donors (Lipinski definition) is 2. The summed E-state index contributed by atoms with van der Waals surface area (Å²) in [6.07, 6.45) is 1.70. The summed E-state index contributed by atoms with van der Waals surface area (Å²) in [5.74, 6) is 1.27. The standard InChI is InChI=1S/C21H22N4O3S/c1-4-28-20-11-15(5-10-19(20)27-3)12-22-25-21-24-18(13-29-21)16-6-8-17(9-7-16)23-14(2)26/h5-13H,4H2,1-3H3,(H,23,26)(H,24,25)/b22-12-. The Morgan fingerprint density at radius 1 is 1.21 bits per heavy atom. The Kier molecular flexibility index (Phi) is 6.80. The van der Waals surface area contributed by atoms with E-state index in [0.717, 1.165) is 22.5 Å². The van der Waals surface area contributed by atoms with E-state index in [1.54, 1.807) is 13.3 Å². The van der Waals surface area contributed by atoms with Gasteiger partial charge in [0.1, 0.15) is 0 Å². The highest BCUT2D eigenvalue weighted by Gasteiger charge is 2.06. The third-order valence-corrected chi connectivity index (χ3v) is 4.61. The lowest BCUT2D eigenvalue weighted by molar-refractivity contribution is -0.114. The molecule has 0 radical (unpaired) electrons. The quantitative estimate of drug-likeness (QED) is 0.418. The first-order valence-corrected chi connectivity index (χ1v) is 9.90. The molecule has 0 aliphatic rings. The molecule has 0 unspecified atom stereocenters. The van der Waals surface area contributed by atoms with Gasteiger partial charge in [-0.2, -0.15) is 5.10 Å². The molecule has 150 valence electrons. The van der Waals surface area contributed by atoms with Gasteiger partial charge >= 0.3 is 0 Å². The number of hydrogen-bond acceptors (Lipinski definition) is 7. The van der Waals surface area contributed by atoms with Crippen LogP contribution in [0.15, 0.2) is 52.9 Å². The van der Waals surface area contributed by atoms with Crippen LogP contribution in [0.3, 0.4) is 0 Å². The van der Waals surface area contributed by atoms with Gasteiger partial charge in [-0.15, -0.1) is 11.3 Å². The zero-order valence-electron chi connectivity index (χ0n) is 16.4. The molecule has 0 aliphatic carbocycles. The molecular formula is C21H22N4O3S. The predicted octanol–water partition coefficient (Wildman–Crippen LogP) is 4.62. The van der Waals surface area contributed by atoms with Crippen molar-refractivity contribution in [2.45, 2.75) is 13.8 Å². The summed E-state index contributed by atoms with van der Waals surface area (Å²) in [4.78, 5) is 15.6. The molecule has 0 saturated carbocycles. The Hall–Kier alpha value is -3.39. The van der Waals surface area contributed by atoms with Gasteiger partial charge in [0.05, 0.1) is 25.6 Å². The van der Waals surface area contributed by atoms with E-state index in [0.29, 0.717) is 23.2 Å². The molecule has 2 aromatic carbocycles. The van der Waals surface area contributed by atoms with Gasteiger partial charge in [0.15, 0.2) is 11.5 Å². The van der Waals surface area contributed by atoms with E-state index in [1.165, 1.54) is 18.3 Å². The molecule has 29 heavy (non-hydrogen) atoms. The van der Waals surface area contributed by atoms with Crippen LogP contribution < -0.4 is 20.2 Å². The molecule has 1 amide bonds. The van der Waals surface area contributed by atoms with Crippen molar-refractivity contribution in [2.24, 2.45) is 5.10 Å². The second-order valence-corrected chi connectivity index (χ2v) is 6.87. The minimum atomic E-state index is -0.0963. The summed E-state index contributed by atoms with van der Waals surface area (Å²) in [5.41, 5.74) is 6.39. The maximum atomic E-state index is 11.1. The van der Waals surface area contributed by atoms with E-state index >= 15 is 0 Å². The molecule has 1 aromatic heterocycles. The van der Waals surface area contributed by atoms with Crippen molar-refractivity contribution in [2.75, 3.05) is 24.5 Å². The second kappa shape index (κ2) is 9.70. The van der Waals surface area contributed by atoms with Gasteiger partial charge in [-0.25, -0.2) is 4.98 Å². The molecule has 3 aromatic rings. The number of hydrazone groups is 1. The monoisotopic (exact) mass is 410 g/mol. The number of carbonyl (C=O) groups excluding carboxylic acids is 1. The number of carbonyl (C=O) groups is 1. The number of amides is 1. The van der Waals surface area contributed by atoms with Crippen molar-refractivity contribution in [1.29, 1.82) is 0 Å². The summed E-state index contributed by atoms with van der Waals surface area (Å²) in [7, 11) is 1.61. The van der Waals surface area contributed by atoms with Crippen LogP contribution in [0.4, 0.5) is 10.8 Å². The minimum Gasteiger partial charge on any atom is -0.493 e. The van der Waals surface area contributed by atoms with Crippen LogP contribution in [-0.2, 0) is 4.79 Å². The zero-order valence-corrected chi connectivity index (χ0v) is 17.2. The number of aromatic nitrogens is 1. The van der Waals surface area contributed by atoms with Gasteiger partial charge in [0.2, 0.25) is 11.0 Å². The fourth-order valence-corrected chi connectivity index (χ4v) is 3.26. The Bertz CT molecular complexity index is 999. The summed E-state index contributed by atoms with van der Waals surface area (Å²) in [6, 6.07) is 13.1. The highest BCUT2D eigenvalue weighted by Crippen LogP contribution is 2.28. The normalized spacial score (nSPS) is 10.7. The van der Waals surface area contributed by atoms with Gasteiger partial charge in [0.25, 0.3) is 0 Å². The summed E-state index contributed by atoms with van der Waals surface area (Å²) in [6.45, 7) is 3.97. The van der Waals surface area contributed by atoms with Crippen LogP contribution in [0, 0.1) is 0 Å². The molecule has 0 aliphatic heterocycles. The first kappa shape index (κ1) is 20.3. The van der Waals surface area contributed by atoms with Crippen LogP contribution in [0.2, 0.25) is 0 Å². The van der Waals surface area contributed by atoms with Crippen molar-refractivity contribution < 1.29 is 14.3 Å². The number of ether oxygens (including phenoxy) is 2. The van der Waals surface area contributed by atoms with Crippen LogP contribution in [-0.4, -0.2) is 30.8 Å². The number of nitrogens with zero attached hydrogens (tertiary/aromatic N) is 2. The largest absolute Gasteiger partial charge is 0.493 e. The van der Waals surface area contributed by atoms with E-state index < -0.39 is 0 Å². The van der Waals surface area contributed by atoms with Crippen molar-refractivity contribution in [3.05, 3.63) is 53.4 Å². The number of anilines is 2. The Morgan fingerprint density at radius 2 is 2.00 bits per heavy atom. The molecule has 0 fully saturated rings. The zero-order chi connectivity index (χ0) is 20.6. The minimum absolute atomic E-state index is 0.0963. The molecule has 0 bridgehead atoms. The maximum Gasteiger partial charge on any atom is 0.221 e. The lowest BCUT2D eigenvalue weighted by Gasteiger charge is -2.09. The Morgan fingerprint density at radius 3 is 2.69 bits per heavy atom. The lowest BCUT2D eigenvalue weighted by atomic mass is 10.1. The average molecular weight is 410 g/mol. The SMILES string of the molecule is CCOc1cc(/C=N\Nc2nc(-c3ccc(NC(C)=O)cc3)cs2)ccc1OC. The molecular weight excluding hydrogens is 388 g/mol. The smallest absolute Gasteiger partial charge is 0.221 e. The van der Waals surface area contributed by atoms with E-state index in [2.05, 4.69) is 20.8 Å². The number of methoxy groups -OCH3 is 1. The van der Waals surface area contributed by atoms with Gasteiger partial charge in [-0.3, -0.25) is 10.2 Å². The van der Waals surface area contributed by atoms with E-state index in [9.17, 15) is 4.79 Å². The Labute approximate surface area is 173 Å². The van der Waals surface area contributed by atoms with Crippen LogP contribution in [0.25, 0.3) is 11.3 Å². The number of benzene rings is 2. The predicted molar refractivity (Wildman–Crippen MR) is 117 cm³/mol. The molecule has 3 rings (SSSR count). The molecule has 0 spiro atoms. The molecule has 0 atom stereocenters. The second-order valence-electron chi connectivity index (χ2n) is 6.01. The molecule has 0 saturated heterocycles. The third-order valence-electron chi connectivity index (χ3n) is 3.87. The van der Waals surface area contributed by atoms with E-state index in [-0.39, 0.29) is 5.91 Å². The van der Waals surface area contributed by atoms with Crippen LogP contribution >= 0.6 is 11.3 Å². The number of nitrogens with one attached hydrogen (secondary N) is 2.